The Hall–Kier alpha value is -2.06. The molecule has 0 atom stereocenters. The molecule has 0 aliphatic heterocycles. The van der Waals surface area contributed by atoms with Crippen LogP contribution in [0.5, 0.6) is 0 Å². The molecule has 0 aliphatic rings. The fourth-order valence-electron chi connectivity index (χ4n) is 1.79. The molecule has 5 nitrogen and oxygen atoms in total. The number of halogens is 4. The molecule has 1 aromatic carbocycles. The minimum absolute atomic E-state index is 0.0150. The van der Waals surface area contributed by atoms with Crippen LogP contribution < -0.4 is 5.32 Å². The lowest BCUT2D eigenvalue weighted by Gasteiger charge is -2.16. The Labute approximate surface area is 140 Å². The first-order chi connectivity index (χ1) is 11.0. The van der Waals surface area contributed by atoms with E-state index in [-0.39, 0.29) is 28.6 Å². The molecular formula is C15H14ClF3N2O3. The Morgan fingerprint density at radius 3 is 2.38 bits per heavy atom. The van der Waals surface area contributed by atoms with Gasteiger partial charge in [0.05, 0.1) is 11.2 Å². The molecule has 2 aromatic rings. The number of aliphatic hydroxyl groups is 1. The molecule has 0 aliphatic carbocycles. The number of amides is 1. The Morgan fingerprint density at radius 2 is 1.88 bits per heavy atom. The Kier molecular flexibility index (Phi) is 4.91. The van der Waals surface area contributed by atoms with Crippen molar-refractivity contribution in [2.75, 3.05) is 6.54 Å². The average molecular weight is 363 g/mol. The van der Waals surface area contributed by atoms with Crippen LogP contribution in [0.25, 0.3) is 11.3 Å². The minimum atomic E-state index is -4.45. The molecule has 2 N–H and O–H groups in total. The first-order valence-electron chi connectivity index (χ1n) is 6.82. The second kappa shape index (κ2) is 6.45. The number of carbonyl (C=O) groups excluding carboxylic acids is 1. The molecule has 0 radical (unpaired) electrons. The molecule has 130 valence electrons. The first kappa shape index (κ1) is 18.3. The quantitative estimate of drug-likeness (QED) is 0.872. The van der Waals surface area contributed by atoms with Gasteiger partial charge in [-0.1, -0.05) is 28.9 Å². The van der Waals surface area contributed by atoms with Crippen LogP contribution in [-0.4, -0.2) is 28.3 Å². The molecule has 0 saturated heterocycles. The third-order valence-electron chi connectivity index (χ3n) is 3.01. The van der Waals surface area contributed by atoms with Crippen molar-refractivity contribution >= 4 is 17.5 Å². The van der Waals surface area contributed by atoms with Gasteiger partial charge in [0.15, 0.2) is 11.5 Å². The predicted molar refractivity (Wildman–Crippen MR) is 80.6 cm³/mol. The van der Waals surface area contributed by atoms with Gasteiger partial charge in [0, 0.05) is 12.1 Å². The van der Waals surface area contributed by atoms with E-state index >= 15 is 0 Å². The lowest BCUT2D eigenvalue weighted by molar-refractivity contribution is -0.137. The number of hydrogen-bond acceptors (Lipinski definition) is 4. The van der Waals surface area contributed by atoms with E-state index in [0.717, 1.165) is 12.1 Å². The Morgan fingerprint density at radius 1 is 1.29 bits per heavy atom. The zero-order valence-corrected chi connectivity index (χ0v) is 13.5. The van der Waals surface area contributed by atoms with Gasteiger partial charge in [-0.25, -0.2) is 0 Å². The van der Waals surface area contributed by atoms with E-state index in [9.17, 15) is 23.1 Å². The lowest BCUT2D eigenvalue weighted by atomic mass is 10.1. The van der Waals surface area contributed by atoms with Crippen molar-refractivity contribution in [3.63, 3.8) is 0 Å². The molecule has 1 aromatic heterocycles. The molecule has 24 heavy (non-hydrogen) atoms. The van der Waals surface area contributed by atoms with E-state index in [1.807, 2.05) is 0 Å². The summed E-state index contributed by atoms with van der Waals surface area (Å²) in [6.07, 6.45) is -4.45. The zero-order valence-electron chi connectivity index (χ0n) is 12.7. The van der Waals surface area contributed by atoms with E-state index in [2.05, 4.69) is 10.5 Å². The molecular weight excluding hydrogens is 349 g/mol. The summed E-state index contributed by atoms with van der Waals surface area (Å²) < 4.78 is 42.6. The van der Waals surface area contributed by atoms with Crippen molar-refractivity contribution in [3.8, 4) is 11.3 Å². The van der Waals surface area contributed by atoms with Crippen LogP contribution in [-0.2, 0) is 6.18 Å². The maximum atomic E-state index is 12.6. The summed E-state index contributed by atoms with van der Waals surface area (Å²) in [5, 5.41) is 15.4. The zero-order chi connectivity index (χ0) is 18.1. The number of carbonyl (C=O) groups is 1. The van der Waals surface area contributed by atoms with Crippen molar-refractivity contribution in [2.45, 2.75) is 25.6 Å². The van der Waals surface area contributed by atoms with Gasteiger partial charge in [0.25, 0.3) is 5.91 Å². The van der Waals surface area contributed by atoms with Crippen LogP contribution >= 0.6 is 11.6 Å². The molecule has 0 unspecified atom stereocenters. The van der Waals surface area contributed by atoms with E-state index < -0.39 is 23.2 Å². The van der Waals surface area contributed by atoms with Crippen molar-refractivity contribution in [3.05, 3.63) is 40.5 Å². The van der Waals surface area contributed by atoms with Crippen molar-refractivity contribution in [2.24, 2.45) is 0 Å². The van der Waals surface area contributed by atoms with Gasteiger partial charge in [-0.15, -0.1) is 0 Å². The monoisotopic (exact) mass is 362 g/mol. The average Bonchev–Trinajstić information content (AvgIpc) is 2.85. The number of benzene rings is 1. The number of nitrogens with zero attached hydrogens (tertiary/aromatic N) is 1. The molecule has 0 saturated carbocycles. The second-order valence-corrected chi connectivity index (χ2v) is 6.12. The molecule has 0 bridgehead atoms. The largest absolute Gasteiger partial charge is 0.416 e. The minimum Gasteiger partial charge on any atom is -0.389 e. The summed E-state index contributed by atoms with van der Waals surface area (Å²) in [6.45, 7) is 2.97. The van der Waals surface area contributed by atoms with Crippen LogP contribution in [0, 0.1) is 0 Å². The topological polar surface area (TPSA) is 75.4 Å². The molecule has 2 rings (SSSR count). The van der Waals surface area contributed by atoms with Crippen LogP contribution in [0.2, 0.25) is 5.02 Å². The predicted octanol–water partition coefficient (Wildman–Crippen LogP) is 3.51. The van der Waals surface area contributed by atoms with E-state index in [1.54, 1.807) is 0 Å². The van der Waals surface area contributed by atoms with Crippen LogP contribution in [0.4, 0.5) is 13.2 Å². The van der Waals surface area contributed by atoms with Crippen LogP contribution in [0.3, 0.4) is 0 Å². The fourth-order valence-corrected chi connectivity index (χ4v) is 2.05. The second-order valence-electron chi connectivity index (χ2n) is 5.74. The van der Waals surface area contributed by atoms with Gasteiger partial charge in [-0.05, 0) is 26.0 Å². The van der Waals surface area contributed by atoms with Gasteiger partial charge in [0.1, 0.15) is 5.02 Å². The number of alkyl halides is 3. The fraction of sp³-hybridized carbons (Fsp3) is 0.333. The number of rotatable bonds is 4. The van der Waals surface area contributed by atoms with Crippen LogP contribution in [0.1, 0.15) is 29.9 Å². The molecule has 1 heterocycles. The third-order valence-corrected chi connectivity index (χ3v) is 3.36. The van der Waals surface area contributed by atoms with Gasteiger partial charge in [-0.3, -0.25) is 4.79 Å². The van der Waals surface area contributed by atoms with Crippen molar-refractivity contribution in [1.29, 1.82) is 0 Å². The number of aromatic nitrogens is 1. The highest BCUT2D eigenvalue weighted by Gasteiger charge is 2.30. The number of nitrogens with one attached hydrogen (secondary N) is 1. The molecule has 1 amide bonds. The maximum Gasteiger partial charge on any atom is 0.416 e. The SMILES string of the molecule is CC(C)(O)CNC(=O)c1noc(-c2ccc(C(F)(F)F)cc2)c1Cl. The van der Waals surface area contributed by atoms with E-state index in [0.29, 0.717) is 0 Å². The summed E-state index contributed by atoms with van der Waals surface area (Å²) in [4.78, 5) is 12.0. The number of hydrogen-bond donors (Lipinski definition) is 2. The highest BCUT2D eigenvalue weighted by Crippen LogP contribution is 2.34. The first-order valence-corrected chi connectivity index (χ1v) is 7.20. The molecule has 0 fully saturated rings. The van der Waals surface area contributed by atoms with Crippen LogP contribution in [0.15, 0.2) is 28.8 Å². The molecule has 9 heteroatoms. The summed E-state index contributed by atoms with van der Waals surface area (Å²) in [5.41, 5.74) is -1.90. The normalized spacial score (nSPS) is 12.3. The third kappa shape index (κ3) is 4.27. The van der Waals surface area contributed by atoms with Gasteiger partial charge in [-0.2, -0.15) is 13.2 Å². The van der Waals surface area contributed by atoms with Crippen molar-refractivity contribution < 1.29 is 27.6 Å². The summed E-state index contributed by atoms with van der Waals surface area (Å²) >= 11 is 6.03. The summed E-state index contributed by atoms with van der Waals surface area (Å²) in [7, 11) is 0. The Bertz CT molecular complexity index is 734. The van der Waals surface area contributed by atoms with E-state index in [1.165, 1.54) is 26.0 Å². The summed E-state index contributed by atoms with van der Waals surface area (Å²) in [5.74, 6) is -0.678. The smallest absolute Gasteiger partial charge is 0.389 e. The Balaban J connectivity index is 2.22. The van der Waals surface area contributed by atoms with E-state index in [4.69, 9.17) is 16.1 Å². The molecule has 0 spiro atoms. The lowest BCUT2D eigenvalue weighted by Crippen LogP contribution is -2.38. The van der Waals surface area contributed by atoms with Crippen molar-refractivity contribution in [1.82, 2.24) is 10.5 Å². The van der Waals surface area contributed by atoms with Gasteiger partial charge >= 0.3 is 6.18 Å². The van der Waals surface area contributed by atoms with Gasteiger partial charge in [0.2, 0.25) is 0 Å². The highest BCUT2D eigenvalue weighted by molar-refractivity contribution is 6.35. The maximum absolute atomic E-state index is 12.6. The summed E-state index contributed by atoms with van der Waals surface area (Å²) in [6, 6.07) is 4.10. The highest BCUT2D eigenvalue weighted by atomic mass is 35.5. The standard InChI is InChI=1S/C15H14ClF3N2O3/c1-14(2,23)7-20-13(22)11-10(16)12(24-21-11)8-3-5-9(6-4-8)15(17,18)19/h3-6,23H,7H2,1-2H3,(H,20,22). The van der Waals surface area contributed by atoms with Gasteiger partial charge < -0.3 is 14.9 Å².